The number of H-pyrrole nitrogens is 1. The summed E-state index contributed by atoms with van der Waals surface area (Å²) in [4.78, 5) is 64.7. The van der Waals surface area contributed by atoms with Gasteiger partial charge in [-0.15, -0.1) is 0 Å². The van der Waals surface area contributed by atoms with Crippen LogP contribution in [0.5, 0.6) is 0 Å². The average Bonchev–Trinajstić information content (AvgIpc) is 3.33. The molecule has 2 heterocycles. The predicted octanol–water partition coefficient (Wildman–Crippen LogP) is 2.35. The van der Waals surface area contributed by atoms with Crippen molar-refractivity contribution >= 4 is 26.8 Å². The van der Waals surface area contributed by atoms with Crippen LogP contribution in [0.1, 0.15) is 23.8 Å². The summed E-state index contributed by atoms with van der Waals surface area (Å²) < 4.78 is 29.6. The van der Waals surface area contributed by atoms with Gasteiger partial charge in [0.2, 0.25) is 0 Å². The maximum absolute atomic E-state index is 11.7. The largest absolute Gasteiger partial charge is 0.394 e. The molecule has 0 radical (unpaired) electrons. The van der Waals surface area contributed by atoms with E-state index in [2.05, 4.69) is 15.0 Å². The third kappa shape index (κ3) is 8.09. The smallest absolute Gasteiger partial charge is 0.369 e. The zero-order chi connectivity index (χ0) is 32.2. The fourth-order valence-corrected chi connectivity index (χ4v) is 6.45. The van der Waals surface area contributed by atoms with Gasteiger partial charge < -0.3 is 34.5 Å². The van der Waals surface area contributed by atoms with Gasteiger partial charge in [0, 0.05) is 34.5 Å². The molecule has 1 aromatic heterocycles. The monoisotopic (exact) mass is 659 g/mol. The number of aliphatic hydroxyl groups excluding tert-OH is 1. The number of rotatable bonds is 8. The molecule has 1 saturated heterocycles. The van der Waals surface area contributed by atoms with Gasteiger partial charge in [0.1, 0.15) is 6.23 Å². The second kappa shape index (κ2) is 13.7. The Morgan fingerprint density at radius 1 is 1.12 bits per heavy atom. The highest BCUT2D eigenvalue weighted by molar-refractivity contribution is 7.72. The number of aliphatic hydroxyl groups is 2. The molecule has 1 fully saturated rings. The van der Waals surface area contributed by atoms with Gasteiger partial charge in [-0.25, -0.2) is 4.79 Å². The maximum atomic E-state index is 11.7. The van der Waals surface area contributed by atoms with Crippen molar-refractivity contribution in [3.05, 3.63) is 102 Å². The highest BCUT2D eigenvalue weighted by Gasteiger charge is 2.59. The van der Waals surface area contributed by atoms with Gasteiger partial charge >= 0.3 is 20.9 Å². The lowest BCUT2D eigenvalue weighted by Gasteiger charge is -2.29. The van der Waals surface area contributed by atoms with E-state index in [4.69, 9.17) is 27.0 Å². The van der Waals surface area contributed by atoms with Crippen molar-refractivity contribution in [1.82, 2.24) is 9.55 Å². The van der Waals surface area contributed by atoms with E-state index in [1.54, 1.807) is 43.3 Å². The lowest BCUT2D eigenvalue weighted by Crippen LogP contribution is -2.33. The Bertz CT molecular complexity index is 1690. The minimum Gasteiger partial charge on any atom is -0.394 e. The number of nitrogens with one attached hydrogen (secondary N) is 1. The predicted molar refractivity (Wildman–Crippen MR) is 154 cm³/mol. The van der Waals surface area contributed by atoms with Crippen molar-refractivity contribution in [1.29, 1.82) is 0 Å². The highest BCUT2D eigenvalue weighted by atomic mass is 35.5. The molecule has 0 unspecified atom stereocenters. The van der Waals surface area contributed by atoms with Gasteiger partial charge in [-0.2, -0.15) is 0 Å². The van der Waals surface area contributed by atoms with E-state index in [-0.39, 0.29) is 18.6 Å². The van der Waals surface area contributed by atoms with Crippen LogP contribution in [0.25, 0.3) is 21.6 Å². The summed E-state index contributed by atoms with van der Waals surface area (Å²) in [6, 6.07) is 12.4. The molecular weight excluding hydrogens is 632 g/mol. The molecule has 16 nitrogen and oxygen atoms in total. The van der Waals surface area contributed by atoms with Crippen LogP contribution in [-0.2, 0) is 20.3 Å². The summed E-state index contributed by atoms with van der Waals surface area (Å²) in [6.45, 7) is 1.26. The number of aromatic amines is 1. The van der Waals surface area contributed by atoms with Crippen LogP contribution in [-0.4, -0.2) is 63.2 Å². The second-order valence-electron chi connectivity index (χ2n) is 9.54. The molecule has 0 spiro atoms. The van der Waals surface area contributed by atoms with Gasteiger partial charge in [-0.05, 0) is 41.3 Å². The van der Waals surface area contributed by atoms with E-state index < -0.39 is 56.3 Å². The molecule has 43 heavy (non-hydrogen) atoms. The summed E-state index contributed by atoms with van der Waals surface area (Å²) in [5, 5.41) is 19.7. The fourth-order valence-electron chi connectivity index (χ4n) is 4.19. The van der Waals surface area contributed by atoms with Gasteiger partial charge in [0.05, 0.1) is 18.8 Å². The molecule has 1 aliphatic rings. The van der Waals surface area contributed by atoms with Crippen LogP contribution in [0, 0.1) is 6.92 Å². The minimum absolute atomic E-state index is 0.164. The lowest BCUT2D eigenvalue weighted by atomic mass is 10.0. The van der Waals surface area contributed by atoms with Crippen molar-refractivity contribution < 1.29 is 43.7 Å². The third-order valence-electron chi connectivity index (χ3n) is 6.52. The summed E-state index contributed by atoms with van der Waals surface area (Å²) in [5.41, 5.74) is 9.31. The molecule has 7 N–H and O–H groups in total. The first-order chi connectivity index (χ1) is 20.0. The zero-order valence-electron chi connectivity index (χ0n) is 22.3. The van der Waals surface area contributed by atoms with Crippen molar-refractivity contribution in [3.8, 4) is 11.1 Å². The van der Waals surface area contributed by atoms with Crippen LogP contribution >= 0.6 is 26.8 Å². The SMILES string of the molecule is Cc1cn([C@H]2C[C@H](N=[N+]=[N-])[C@@H](CO)O2)c(=O)[nH]c1=O.O=P(O)(O)C(O)(Cc1cccc(-c2ccc(Cl)cc2)c1)P(=O)(O)O. The number of aromatic nitrogens is 2. The molecule has 0 saturated carbocycles. The summed E-state index contributed by atoms with van der Waals surface area (Å²) in [5.74, 6) is 0. The van der Waals surface area contributed by atoms with Gasteiger partial charge in [-0.1, -0.05) is 53.1 Å². The third-order valence-corrected chi connectivity index (χ3v) is 10.5. The molecule has 0 bridgehead atoms. The van der Waals surface area contributed by atoms with Crippen LogP contribution in [0.15, 0.2) is 69.4 Å². The number of hydrogen-bond donors (Lipinski definition) is 7. The van der Waals surface area contributed by atoms with Gasteiger partial charge in [-0.3, -0.25) is 23.5 Å². The van der Waals surface area contributed by atoms with E-state index in [9.17, 15) is 43.4 Å². The van der Waals surface area contributed by atoms with Crippen LogP contribution in [0.3, 0.4) is 0 Å². The van der Waals surface area contributed by atoms with Gasteiger partial charge in [0.25, 0.3) is 10.6 Å². The van der Waals surface area contributed by atoms with E-state index in [1.165, 1.54) is 22.9 Å². The standard InChI is InChI=1S/C14H15ClO7P2.C10H13N5O4/c15-13-6-4-11(5-7-13)12-3-1-2-10(8-12)9-14(16,23(17,18)19)24(20,21)22;1-5-3-15(10(18)12-9(5)17)8-2-6(13-14-11)7(4-16)19-8/h1-8,16H,9H2,(H2,17,18,19)(H2,20,21,22);3,6-8,16H,2,4H2,1H3,(H,12,17,18)/t;6-,7+,8+/m.0/s1. The van der Waals surface area contributed by atoms with Crippen LogP contribution < -0.4 is 11.2 Å². The Balaban J connectivity index is 0.000000242. The Labute approximate surface area is 248 Å². The van der Waals surface area contributed by atoms with Crippen molar-refractivity contribution in [2.24, 2.45) is 5.11 Å². The van der Waals surface area contributed by atoms with E-state index >= 15 is 0 Å². The summed E-state index contributed by atoms with van der Waals surface area (Å²) in [7, 11) is -11.0. The summed E-state index contributed by atoms with van der Waals surface area (Å²) in [6.07, 6.45) is -0.571. The number of halogens is 1. The normalized spacial score (nSPS) is 18.8. The first-order valence-electron chi connectivity index (χ1n) is 12.3. The lowest BCUT2D eigenvalue weighted by molar-refractivity contribution is -0.0271. The minimum atomic E-state index is -5.49. The molecule has 3 atom stereocenters. The van der Waals surface area contributed by atoms with Crippen LogP contribution in [0.2, 0.25) is 5.02 Å². The first-order valence-corrected chi connectivity index (χ1v) is 15.9. The molecule has 2 aromatic carbocycles. The average molecular weight is 660 g/mol. The molecule has 1 aliphatic heterocycles. The molecule has 0 amide bonds. The molecule has 3 aromatic rings. The fraction of sp³-hybridized carbons (Fsp3) is 0.333. The molecule has 19 heteroatoms. The number of benzene rings is 2. The topological polar surface area (TPSA) is 268 Å². The van der Waals surface area contributed by atoms with Gasteiger partial charge in [0.15, 0.2) is 0 Å². The van der Waals surface area contributed by atoms with Crippen molar-refractivity contribution in [3.63, 3.8) is 0 Å². The van der Waals surface area contributed by atoms with E-state index in [1.807, 2.05) is 0 Å². The van der Waals surface area contributed by atoms with E-state index in [0.29, 0.717) is 16.1 Å². The highest BCUT2D eigenvalue weighted by Crippen LogP contribution is 2.68. The number of aryl methyl sites for hydroxylation is 1. The molecule has 232 valence electrons. The first kappa shape index (κ1) is 34.4. The quantitative estimate of drug-likeness (QED) is 0.0798. The van der Waals surface area contributed by atoms with Crippen molar-refractivity contribution in [2.75, 3.05) is 6.61 Å². The maximum Gasteiger partial charge on any atom is 0.369 e. The Hall–Kier alpha value is -3.10. The molecular formula is C24H28ClN5O11P2. The van der Waals surface area contributed by atoms with Crippen molar-refractivity contribution in [2.45, 2.75) is 43.2 Å². The van der Waals surface area contributed by atoms with E-state index in [0.717, 1.165) is 5.56 Å². The number of nitrogens with zero attached hydrogens (tertiary/aromatic N) is 4. The summed E-state index contributed by atoms with van der Waals surface area (Å²) >= 11 is 5.81. The van der Waals surface area contributed by atoms with Crippen LogP contribution in [0.4, 0.5) is 0 Å². The molecule has 0 aliphatic carbocycles. The number of azide groups is 1. The number of hydrogen-bond acceptors (Lipinski definition) is 8. The number of ether oxygens (including phenoxy) is 1. The Morgan fingerprint density at radius 3 is 2.30 bits per heavy atom. The Kier molecular flexibility index (Phi) is 10.9. The molecule has 4 rings (SSSR count). The second-order valence-corrected chi connectivity index (χ2v) is 14.0. The Morgan fingerprint density at radius 2 is 1.74 bits per heavy atom. The zero-order valence-corrected chi connectivity index (χ0v) is 24.9.